The molecule has 7 heteroatoms. The van der Waals surface area contributed by atoms with Gasteiger partial charge in [0.05, 0.1) is 26.4 Å². The Morgan fingerprint density at radius 1 is 0.590 bits per heavy atom. The van der Waals surface area contributed by atoms with E-state index in [0.29, 0.717) is 12.4 Å². The van der Waals surface area contributed by atoms with Crippen LogP contribution in [0.1, 0.15) is 34.1 Å². The van der Waals surface area contributed by atoms with Gasteiger partial charge in [-0.2, -0.15) is 0 Å². The number of aliphatic hydroxyl groups excluding tert-OH is 3. The van der Waals surface area contributed by atoms with Crippen LogP contribution in [0.3, 0.4) is 0 Å². The Balaban J connectivity index is 0.000000226. The van der Waals surface area contributed by atoms with Crippen LogP contribution < -0.4 is 4.74 Å². The van der Waals surface area contributed by atoms with Crippen molar-refractivity contribution in [2.75, 3.05) is 26.4 Å². The van der Waals surface area contributed by atoms with Gasteiger partial charge in [0.15, 0.2) is 0 Å². The van der Waals surface area contributed by atoms with E-state index in [1.807, 2.05) is 98.8 Å². The van der Waals surface area contributed by atoms with E-state index in [1.54, 1.807) is 12.1 Å². The van der Waals surface area contributed by atoms with Gasteiger partial charge in [-0.15, -0.1) is 0 Å². The summed E-state index contributed by atoms with van der Waals surface area (Å²) in [4.78, 5) is 0. The Bertz CT molecular complexity index is 1210. The molecule has 4 aromatic carbocycles. The maximum Gasteiger partial charge on any atom is 0.123 e. The molecule has 39 heavy (non-hydrogen) atoms. The molecule has 0 aromatic heterocycles. The standard InChI is InChI=1S/C16H17BrO2.C9H12O2.C7H7BrO/c1-12-15(17)8-5-9-16(12)19-11-14(10-18)13-6-3-2-4-7-13;10-6-9(7-11)8-4-2-1-3-5-8;1-5-6(8)3-2-4-7(5)9/h2-9,14,18H,10-11H2,1H3;1-5,9-11H,6-7H2;2-4,9H,1H3. The second-order valence-electron chi connectivity index (χ2n) is 8.82. The van der Waals surface area contributed by atoms with Crippen LogP contribution in [0.25, 0.3) is 0 Å². The summed E-state index contributed by atoms with van der Waals surface area (Å²) in [5, 5.41) is 36.2. The molecule has 208 valence electrons. The summed E-state index contributed by atoms with van der Waals surface area (Å²) in [6.07, 6.45) is 0. The lowest BCUT2D eigenvalue weighted by Gasteiger charge is -2.17. The first kappa shape index (κ1) is 32.5. The van der Waals surface area contributed by atoms with Gasteiger partial charge in [0, 0.05) is 31.9 Å². The summed E-state index contributed by atoms with van der Waals surface area (Å²) in [6, 6.07) is 30.7. The average Bonchev–Trinajstić information content (AvgIpc) is 2.97. The Morgan fingerprint density at radius 2 is 1.05 bits per heavy atom. The van der Waals surface area contributed by atoms with Crippen LogP contribution >= 0.6 is 31.9 Å². The van der Waals surface area contributed by atoms with Gasteiger partial charge in [-0.1, -0.05) is 105 Å². The third-order valence-corrected chi connectivity index (χ3v) is 7.82. The van der Waals surface area contributed by atoms with Crippen LogP contribution in [0.2, 0.25) is 0 Å². The van der Waals surface area contributed by atoms with Crippen molar-refractivity contribution in [1.29, 1.82) is 0 Å². The number of ether oxygens (including phenoxy) is 1. The number of phenolic OH excluding ortho intramolecular Hbond substituents is 1. The van der Waals surface area contributed by atoms with E-state index in [0.717, 1.165) is 36.9 Å². The van der Waals surface area contributed by atoms with Crippen molar-refractivity contribution in [3.05, 3.63) is 128 Å². The van der Waals surface area contributed by atoms with Crippen molar-refractivity contribution < 1.29 is 25.2 Å². The quantitative estimate of drug-likeness (QED) is 0.162. The molecule has 4 aromatic rings. The van der Waals surface area contributed by atoms with Gasteiger partial charge in [0.25, 0.3) is 0 Å². The molecular formula is C32H36Br2O5. The van der Waals surface area contributed by atoms with Crippen LogP contribution in [-0.4, -0.2) is 46.9 Å². The van der Waals surface area contributed by atoms with Crippen molar-refractivity contribution >= 4 is 31.9 Å². The highest BCUT2D eigenvalue weighted by molar-refractivity contribution is 9.10. The molecule has 0 saturated heterocycles. The lowest BCUT2D eigenvalue weighted by Crippen LogP contribution is -2.14. The zero-order chi connectivity index (χ0) is 28.6. The molecule has 0 aliphatic heterocycles. The average molecular weight is 660 g/mol. The van der Waals surface area contributed by atoms with Crippen LogP contribution in [0.4, 0.5) is 0 Å². The minimum Gasteiger partial charge on any atom is -0.508 e. The van der Waals surface area contributed by atoms with E-state index >= 15 is 0 Å². The zero-order valence-corrected chi connectivity index (χ0v) is 25.3. The number of hydrogen-bond donors (Lipinski definition) is 4. The largest absolute Gasteiger partial charge is 0.508 e. The molecule has 0 bridgehead atoms. The number of hydrogen-bond acceptors (Lipinski definition) is 5. The highest BCUT2D eigenvalue weighted by atomic mass is 79.9. The smallest absolute Gasteiger partial charge is 0.123 e. The van der Waals surface area contributed by atoms with Gasteiger partial charge in [0.1, 0.15) is 11.5 Å². The molecule has 1 unspecified atom stereocenters. The summed E-state index contributed by atoms with van der Waals surface area (Å²) < 4.78 is 7.81. The molecule has 0 spiro atoms. The molecule has 0 radical (unpaired) electrons. The van der Waals surface area contributed by atoms with E-state index in [9.17, 15) is 5.11 Å². The summed E-state index contributed by atoms with van der Waals surface area (Å²) in [5.41, 5.74) is 4.04. The predicted molar refractivity (Wildman–Crippen MR) is 165 cm³/mol. The number of phenols is 1. The topological polar surface area (TPSA) is 90.2 Å². The molecule has 5 nitrogen and oxygen atoms in total. The molecule has 4 rings (SSSR count). The maximum absolute atomic E-state index is 9.49. The lowest BCUT2D eigenvalue weighted by molar-refractivity contribution is 0.192. The number of benzene rings is 4. The molecule has 4 N–H and O–H groups in total. The van der Waals surface area contributed by atoms with Crippen molar-refractivity contribution in [1.82, 2.24) is 0 Å². The maximum atomic E-state index is 9.49. The van der Waals surface area contributed by atoms with Crippen molar-refractivity contribution in [3.8, 4) is 11.5 Å². The lowest BCUT2D eigenvalue weighted by atomic mass is 10.0. The van der Waals surface area contributed by atoms with Crippen LogP contribution in [0.5, 0.6) is 11.5 Å². The fourth-order valence-corrected chi connectivity index (χ4v) is 4.21. The van der Waals surface area contributed by atoms with Gasteiger partial charge in [-0.3, -0.25) is 0 Å². The number of aromatic hydroxyl groups is 1. The summed E-state index contributed by atoms with van der Waals surface area (Å²) in [7, 11) is 0. The number of rotatable bonds is 8. The monoisotopic (exact) mass is 658 g/mol. The highest BCUT2D eigenvalue weighted by Gasteiger charge is 2.12. The minimum absolute atomic E-state index is 0.000387. The molecule has 1 atom stereocenters. The molecular weight excluding hydrogens is 624 g/mol. The normalized spacial score (nSPS) is 11.1. The fourth-order valence-electron chi connectivity index (χ4n) is 3.50. The second-order valence-corrected chi connectivity index (χ2v) is 10.5. The Hall–Kier alpha value is -2.68. The third-order valence-electron chi connectivity index (χ3n) is 6.10. The second kappa shape index (κ2) is 17.8. The molecule has 0 saturated carbocycles. The molecule has 0 aliphatic carbocycles. The Kier molecular flexibility index (Phi) is 14.9. The number of halogens is 2. The van der Waals surface area contributed by atoms with Crippen LogP contribution in [0, 0.1) is 13.8 Å². The van der Waals surface area contributed by atoms with Gasteiger partial charge >= 0.3 is 0 Å². The van der Waals surface area contributed by atoms with E-state index in [-0.39, 0.29) is 31.7 Å². The first-order valence-electron chi connectivity index (χ1n) is 12.6. The van der Waals surface area contributed by atoms with Gasteiger partial charge in [-0.05, 0) is 49.2 Å². The molecule has 0 amide bonds. The SMILES string of the molecule is Cc1c(Br)cccc1OCC(CO)c1ccccc1.Cc1c(O)cccc1Br.OCC(CO)c1ccccc1. The van der Waals surface area contributed by atoms with Gasteiger partial charge < -0.3 is 25.2 Å². The van der Waals surface area contributed by atoms with Crippen LogP contribution in [-0.2, 0) is 0 Å². The van der Waals surface area contributed by atoms with Crippen molar-refractivity contribution in [3.63, 3.8) is 0 Å². The van der Waals surface area contributed by atoms with E-state index < -0.39 is 0 Å². The molecule has 0 heterocycles. The van der Waals surface area contributed by atoms with E-state index in [4.69, 9.17) is 20.1 Å². The minimum atomic E-state index is -0.129. The fraction of sp³-hybridized carbons (Fsp3) is 0.250. The van der Waals surface area contributed by atoms with Crippen molar-refractivity contribution in [2.24, 2.45) is 0 Å². The molecule has 0 fully saturated rings. The third kappa shape index (κ3) is 10.8. The summed E-state index contributed by atoms with van der Waals surface area (Å²) in [6.45, 7) is 4.42. The predicted octanol–water partition coefficient (Wildman–Crippen LogP) is 7.13. The zero-order valence-electron chi connectivity index (χ0n) is 22.2. The summed E-state index contributed by atoms with van der Waals surface area (Å²) >= 11 is 6.77. The molecule has 0 aliphatic rings. The van der Waals surface area contributed by atoms with Crippen LogP contribution in [0.15, 0.2) is 106 Å². The first-order chi connectivity index (χ1) is 18.8. The Morgan fingerprint density at radius 3 is 1.51 bits per heavy atom. The van der Waals surface area contributed by atoms with Gasteiger partial charge in [0.2, 0.25) is 0 Å². The Labute approximate surface area is 248 Å². The van der Waals surface area contributed by atoms with E-state index in [2.05, 4.69) is 31.9 Å². The first-order valence-corrected chi connectivity index (χ1v) is 14.1. The van der Waals surface area contributed by atoms with E-state index in [1.165, 1.54) is 0 Å². The summed E-state index contributed by atoms with van der Waals surface area (Å²) in [5.74, 6) is 1.06. The van der Waals surface area contributed by atoms with Gasteiger partial charge in [-0.25, -0.2) is 0 Å². The number of aliphatic hydroxyl groups is 3. The highest BCUT2D eigenvalue weighted by Crippen LogP contribution is 2.27. The van der Waals surface area contributed by atoms with Crippen molar-refractivity contribution in [2.45, 2.75) is 25.7 Å².